The lowest BCUT2D eigenvalue weighted by Crippen LogP contribution is -2.31. The third-order valence-electron chi connectivity index (χ3n) is 2.56. The topological polar surface area (TPSA) is 87.1 Å². The van der Waals surface area contributed by atoms with Crippen LogP contribution in [-0.4, -0.2) is 26.2 Å². The highest BCUT2D eigenvalue weighted by atomic mass is 79.9. The summed E-state index contributed by atoms with van der Waals surface area (Å²) in [5.74, 6) is -0.419. The molecule has 0 heterocycles. The van der Waals surface area contributed by atoms with Crippen LogP contribution in [0.4, 0.5) is 0 Å². The number of nitrogens with zero attached hydrogens (tertiary/aromatic N) is 3. The number of carbonyl (C=O) groups excluding carboxylic acids is 1. The second-order valence-electron chi connectivity index (χ2n) is 3.88. The lowest BCUT2D eigenvalue weighted by Gasteiger charge is -2.18. The van der Waals surface area contributed by atoms with Crippen molar-refractivity contribution in [2.45, 2.75) is 12.5 Å². The number of benzene rings is 1. The van der Waals surface area contributed by atoms with E-state index in [4.69, 9.17) is 21.9 Å². The summed E-state index contributed by atoms with van der Waals surface area (Å²) in [6.45, 7) is 0.872. The molecule has 0 saturated carbocycles. The van der Waals surface area contributed by atoms with Crippen LogP contribution in [0.3, 0.4) is 0 Å². The van der Waals surface area contributed by atoms with Crippen LogP contribution in [0.5, 0.6) is 0 Å². The van der Waals surface area contributed by atoms with Gasteiger partial charge in [-0.3, -0.25) is 0 Å². The Morgan fingerprint density at radius 1 is 1.65 bits per heavy atom. The number of azide groups is 1. The number of hydrogen-bond acceptors (Lipinski definition) is 4. The van der Waals surface area contributed by atoms with E-state index in [-0.39, 0.29) is 0 Å². The molecule has 1 aromatic rings. The molecule has 1 unspecified atom stereocenters. The molecule has 0 spiro atoms. The number of ether oxygens (including phenoxy) is 1. The van der Waals surface area contributed by atoms with E-state index < -0.39 is 12.0 Å². The molecule has 0 fully saturated rings. The predicted molar refractivity (Wildman–Crippen MR) is 80.5 cm³/mol. The largest absolute Gasteiger partial charge is 0.468 e. The Morgan fingerprint density at radius 3 is 3.00 bits per heavy atom. The average Bonchev–Trinajstić information content (AvgIpc) is 2.43. The number of methoxy groups -OCH3 is 1. The molecule has 1 atom stereocenters. The van der Waals surface area contributed by atoms with Crippen LogP contribution in [0.15, 0.2) is 27.8 Å². The van der Waals surface area contributed by atoms with Gasteiger partial charge in [-0.15, -0.1) is 0 Å². The zero-order chi connectivity index (χ0) is 15.0. The first-order valence-electron chi connectivity index (χ1n) is 5.87. The standard InChI is InChI=1S/C12H14BrClN4O2/c1-20-12(19)11(16-5-2-6-17-18-15)9-4-3-8(13)7-10(9)14/h3-4,7,11,16H,2,5-6H2,1H3. The van der Waals surface area contributed by atoms with Gasteiger partial charge in [-0.2, -0.15) is 0 Å². The molecule has 20 heavy (non-hydrogen) atoms. The molecule has 0 bridgehead atoms. The summed E-state index contributed by atoms with van der Waals surface area (Å²) >= 11 is 9.46. The number of esters is 1. The maximum Gasteiger partial charge on any atom is 0.327 e. The highest BCUT2D eigenvalue weighted by Gasteiger charge is 2.23. The summed E-state index contributed by atoms with van der Waals surface area (Å²) in [6, 6.07) is 4.63. The van der Waals surface area contributed by atoms with Gasteiger partial charge in [-0.25, -0.2) is 4.79 Å². The first-order chi connectivity index (χ1) is 9.60. The molecule has 0 amide bonds. The van der Waals surface area contributed by atoms with E-state index in [0.29, 0.717) is 30.1 Å². The number of carbonyl (C=O) groups is 1. The van der Waals surface area contributed by atoms with Crippen molar-refractivity contribution in [3.8, 4) is 0 Å². The van der Waals surface area contributed by atoms with E-state index in [1.807, 2.05) is 0 Å². The summed E-state index contributed by atoms with van der Waals surface area (Å²) in [4.78, 5) is 14.5. The molecule has 0 saturated heterocycles. The minimum absolute atomic E-state index is 0.367. The fraction of sp³-hybridized carbons (Fsp3) is 0.417. The quantitative estimate of drug-likeness (QED) is 0.264. The van der Waals surface area contributed by atoms with Crippen LogP contribution in [0.25, 0.3) is 10.4 Å². The molecular formula is C12H14BrClN4O2. The molecule has 1 rings (SSSR count). The lowest BCUT2D eigenvalue weighted by molar-refractivity contribution is -0.143. The molecule has 0 aliphatic heterocycles. The van der Waals surface area contributed by atoms with Crippen LogP contribution in [0.2, 0.25) is 5.02 Å². The van der Waals surface area contributed by atoms with E-state index in [0.717, 1.165) is 4.47 Å². The van der Waals surface area contributed by atoms with E-state index in [1.54, 1.807) is 18.2 Å². The van der Waals surface area contributed by atoms with Gasteiger partial charge in [0.05, 0.1) is 7.11 Å². The molecule has 108 valence electrons. The Bertz CT molecular complexity index is 520. The van der Waals surface area contributed by atoms with Crippen molar-refractivity contribution in [2.75, 3.05) is 20.2 Å². The molecule has 8 heteroatoms. The van der Waals surface area contributed by atoms with Crippen LogP contribution < -0.4 is 5.32 Å². The summed E-state index contributed by atoms with van der Waals surface area (Å²) in [5, 5.41) is 6.95. The van der Waals surface area contributed by atoms with Crippen molar-refractivity contribution >= 4 is 33.5 Å². The number of nitrogens with one attached hydrogen (secondary N) is 1. The van der Waals surface area contributed by atoms with Crippen LogP contribution in [0, 0.1) is 0 Å². The third-order valence-corrected chi connectivity index (χ3v) is 3.38. The number of rotatable bonds is 7. The molecular weight excluding hydrogens is 348 g/mol. The average molecular weight is 362 g/mol. The van der Waals surface area contributed by atoms with E-state index in [2.05, 4.69) is 31.3 Å². The van der Waals surface area contributed by atoms with Gasteiger partial charge in [0.15, 0.2) is 0 Å². The van der Waals surface area contributed by atoms with Gasteiger partial charge in [-0.1, -0.05) is 38.7 Å². The molecule has 1 aromatic carbocycles. The van der Waals surface area contributed by atoms with Gasteiger partial charge < -0.3 is 10.1 Å². The molecule has 0 radical (unpaired) electrons. The maximum absolute atomic E-state index is 11.8. The lowest BCUT2D eigenvalue weighted by atomic mass is 10.1. The second kappa shape index (κ2) is 8.81. The zero-order valence-electron chi connectivity index (χ0n) is 10.8. The van der Waals surface area contributed by atoms with Crippen molar-refractivity contribution in [1.29, 1.82) is 0 Å². The Balaban J connectivity index is 2.78. The smallest absolute Gasteiger partial charge is 0.327 e. The van der Waals surface area contributed by atoms with Crippen LogP contribution in [-0.2, 0) is 9.53 Å². The molecule has 0 aliphatic rings. The van der Waals surface area contributed by atoms with Gasteiger partial charge in [0.1, 0.15) is 6.04 Å². The summed E-state index contributed by atoms with van der Waals surface area (Å²) in [5.41, 5.74) is 8.83. The highest BCUT2D eigenvalue weighted by Crippen LogP contribution is 2.27. The van der Waals surface area contributed by atoms with Crippen molar-refractivity contribution in [3.05, 3.63) is 43.7 Å². The van der Waals surface area contributed by atoms with E-state index in [1.165, 1.54) is 7.11 Å². The van der Waals surface area contributed by atoms with Gasteiger partial charge in [0, 0.05) is 21.0 Å². The van der Waals surface area contributed by atoms with E-state index >= 15 is 0 Å². The number of halogens is 2. The molecule has 0 aliphatic carbocycles. The van der Waals surface area contributed by atoms with Gasteiger partial charge >= 0.3 is 5.97 Å². The van der Waals surface area contributed by atoms with Crippen molar-refractivity contribution < 1.29 is 9.53 Å². The molecule has 1 N–H and O–H groups in total. The van der Waals surface area contributed by atoms with Crippen molar-refractivity contribution in [3.63, 3.8) is 0 Å². The summed E-state index contributed by atoms with van der Waals surface area (Å²) < 4.78 is 5.61. The summed E-state index contributed by atoms with van der Waals surface area (Å²) in [7, 11) is 1.32. The van der Waals surface area contributed by atoms with Crippen molar-refractivity contribution in [2.24, 2.45) is 5.11 Å². The molecule has 0 aromatic heterocycles. The fourth-order valence-electron chi connectivity index (χ4n) is 1.61. The SMILES string of the molecule is COC(=O)C(NCCCN=[N+]=[N-])c1ccc(Br)cc1Cl. The second-order valence-corrected chi connectivity index (χ2v) is 5.21. The first-order valence-corrected chi connectivity index (χ1v) is 7.04. The van der Waals surface area contributed by atoms with Crippen molar-refractivity contribution in [1.82, 2.24) is 5.32 Å². The Kier molecular flexibility index (Phi) is 7.40. The zero-order valence-corrected chi connectivity index (χ0v) is 13.2. The Hall–Kier alpha value is -1.27. The maximum atomic E-state index is 11.8. The van der Waals surface area contributed by atoms with Gasteiger partial charge in [-0.05, 0) is 36.2 Å². The van der Waals surface area contributed by atoms with Gasteiger partial charge in [0.25, 0.3) is 0 Å². The monoisotopic (exact) mass is 360 g/mol. The van der Waals surface area contributed by atoms with E-state index in [9.17, 15) is 4.79 Å². The van der Waals surface area contributed by atoms with Gasteiger partial charge in [0.2, 0.25) is 0 Å². The van der Waals surface area contributed by atoms with Crippen LogP contribution in [0.1, 0.15) is 18.0 Å². The Labute approximate surface area is 130 Å². The number of hydrogen-bond donors (Lipinski definition) is 1. The third kappa shape index (κ3) is 5.02. The fourth-order valence-corrected chi connectivity index (χ4v) is 2.40. The van der Waals surface area contributed by atoms with Crippen LogP contribution >= 0.6 is 27.5 Å². The normalized spacial score (nSPS) is 11.6. The minimum atomic E-state index is -0.647. The Morgan fingerprint density at radius 2 is 2.40 bits per heavy atom. The highest BCUT2D eigenvalue weighted by molar-refractivity contribution is 9.10. The first kappa shape index (κ1) is 16.8. The molecule has 6 nitrogen and oxygen atoms in total. The predicted octanol–water partition coefficient (Wildman–Crippen LogP) is 3.61. The minimum Gasteiger partial charge on any atom is -0.468 e. The summed E-state index contributed by atoms with van der Waals surface area (Å²) in [6.07, 6.45) is 0.617.